The van der Waals surface area contributed by atoms with Crippen LogP contribution in [-0.4, -0.2) is 15.0 Å². The van der Waals surface area contributed by atoms with Gasteiger partial charge in [0.25, 0.3) is 0 Å². The maximum absolute atomic E-state index is 5.05. The molecular formula is C44H44N4. The summed E-state index contributed by atoms with van der Waals surface area (Å²) in [6.07, 6.45) is 0. The van der Waals surface area contributed by atoms with Crippen LogP contribution in [0.3, 0.4) is 0 Å². The van der Waals surface area contributed by atoms with Crippen LogP contribution in [0.4, 0.5) is 17.1 Å². The van der Waals surface area contributed by atoms with Gasteiger partial charge in [0.2, 0.25) is 0 Å². The van der Waals surface area contributed by atoms with E-state index in [0.29, 0.717) is 17.5 Å². The molecule has 4 heteroatoms. The van der Waals surface area contributed by atoms with Crippen molar-refractivity contribution in [1.82, 2.24) is 15.0 Å². The van der Waals surface area contributed by atoms with Gasteiger partial charge in [0, 0.05) is 27.8 Å². The molecule has 6 aromatic rings. The minimum atomic E-state index is -0.0997. The minimum absolute atomic E-state index is 0.0651. The van der Waals surface area contributed by atoms with Gasteiger partial charge in [-0.1, -0.05) is 140 Å². The van der Waals surface area contributed by atoms with E-state index in [2.05, 4.69) is 182 Å². The summed E-state index contributed by atoms with van der Waals surface area (Å²) in [7, 11) is 0. The molecule has 7 rings (SSSR count). The molecule has 0 fully saturated rings. The third kappa shape index (κ3) is 5.70. The van der Waals surface area contributed by atoms with E-state index in [1.54, 1.807) is 0 Å². The monoisotopic (exact) mass is 628 g/mol. The molecule has 0 atom stereocenters. The van der Waals surface area contributed by atoms with Gasteiger partial charge in [0.15, 0.2) is 17.5 Å². The molecule has 240 valence electrons. The van der Waals surface area contributed by atoms with E-state index in [-0.39, 0.29) is 16.2 Å². The number of benzene rings is 5. The largest absolute Gasteiger partial charge is 0.310 e. The van der Waals surface area contributed by atoms with E-state index in [9.17, 15) is 0 Å². The highest BCUT2D eigenvalue weighted by Gasteiger charge is 2.36. The van der Waals surface area contributed by atoms with Crippen LogP contribution in [0.5, 0.6) is 0 Å². The minimum Gasteiger partial charge on any atom is -0.310 e. The SMILES string of the molecule is CC(C)(C)c1ccc(-c2nc(-c3ccc(N4c5ccccc5C(C)(C)c5ccccc54)cc3)nc(-c3ccc(C(C)(C)C)cc3)n2)cc1. The zero-order valence-electron chi connectivity index (χ0n) is 29.3. The second-order valence-electron chi connectivity index (χ2n) is 15.5. The molecule has 0 unspecified atom stereocenters. The first-order valence-corrected chi connectivity index (χ1v) is 16.9. The van der Waals surface area contributed by atoms with Crippen LogP contribution < -0.4 is 4.90 Å². The van der Waals surface area contributed by atoms with Crippen molar-refractivity contribution >= 4 is 17.1 Å². The molecular weight excluding hydrogens is 585 g/mol. The number of fused-ring (bicyclic) bond motifs is 2. The predicted octanol–water partition coefficient (Wildman–Crippen LogP) is 11.6. The lowest BCUT2D eigenvalue weighted by molar-refractivity contribution is 0.590. The molecule has 0 amide bonds. The third-order valence-electron chi connectivity index (χ3n) is 9.67. The van der Waals surface area contributed by atoms with Crippen LogP contribution >= 0.6 is 0 Å². The fourth-order valence-corrected chi connectivity index (χ4v) is 6.71. The van der Waals surface area contributed by atoms with E-state index in [1.165, 1.54) is 33.6 Å². The number of anilines is 3. The van der Waals surface area contributed by atoms with Gasteiger partial charge in [-0.25, -0.2) is 15.0 Å². The molecule has 0 N–H and O–H groups in total. The van der Waals surface area contributed by atoms with Gasteiger partial charge in [-0.3, -0.25) is 0 Å². The van der Waals surface area contributed by atoms with Gasteiger partial charge >= 0.3 is 0 Å². The van der Waals surface area contributed by atoms with Gasteiger partial charge in [-0.15, -0.1) is 0 Å². The predicted molar refractivity (Wildman–Crippen MR) is 200 cm³/mol. The highest BCUT2D eigenvalue weighted by Crippen LogP contribution is 2.51. The highest BCUT2D eigenvalue weighted by molar-refractivity contribution is 5.86. The Morgan fingerprint density at radius 1 is 0.438 bits per heavy atom. The second kappa shape index (κ2) is 11.6. The normalized spacial score (nSPS) is 14.0. The zero-order valence-corrected chi connectivity index (χ0v) is 29.3. The Morgan fingerprint density at radius 3 is 1.12 bits per heavy atom. The van der Waals surface area contributed by atoms with Crippen molar-refractivity contribution in [2.45, 2.75) is 71.6 Å². The smallest absolute Gasteiger partial charge is 0.164 e. The molecule has 0 radical (unpaired) electrons. The summed E-state index contributed by atoms with van der Waals surface area (Å²) in [4.78, 5) is 17.5. The van der Waals surface area contributed by atoms with E-state index in [4.69, 9.17) is 15.0 Å². The van der Waals surface area contributed by atoms with Crippen molar-refractivity contribution < 1.29 is 0 Å². The average Bonchev–Trinajstić information content (AvgIpc) is 3.08. The summed E-state index contributed by atoms with van der Waals surface area (Å²) >= 11 is 0. The number of nitrogens with zero attached hydrogens (tertiary/aromatic N) is 4. The van der Waals surface area contributed by atoms with Crippen LogP contribution in [0.25, 0.3) is 34.2 Å². The van der Waals surface area contributed by atoms with Crippen molar-refractivity contribution in [3.63, 3.8) is 0 Å². The standard InChI is InChI=1S/C44H44N4/c1-42(2,3)32-23-17-29(18-24-32)39-45-40(30-19-25-33(26-20-30)43(4,5)6)47-41(46-39)31-21-27-34(28-22-31)48-37-15-11-9-13-35(37)44(7,8)36-14-10-12-16-38(36)48/h9-28H,1-8H3. The summed E-state index contributed by atoms with van der Waals surface area (Å²) in [5, 5.41) is 0. The molecule has 0 spiro atoms. The van der Waals surface area contributed by atoms with Crippen molar-refractivity contribution in [3.05, 3.63) is 144 Å². The van der Waals surface area contributed by atoms with Crippen molar-refractivity contribution in [2.24, 2.45) is 0 Å². The summed E-state index contributed by atoms with van der Waals surface area (Å²) in [5.74, 6) is 1.99. The summed E-state index contributed by atoms with van der Waals surface area (Å²) < 4.78 is 0. The number of hydrogen-bond acceptors (Lipinski definition) is 4. The summed E-state index contributed by atoms with van der Waals surface area (Å²) in [6, 6.07) is 43.3. The quantitative estimate of drug-likeness (QED) is 0.195. The molecule has 1 aliphatic heterocycles. The first-order valence-electron chi connectivity index (χ1n) is 16.9. The molecule has 0 saturated carbocycles. The summed E-state index contributed by atoms with van der Waals surface area (Å²) in [6.45, 7) is 18.0. The molecule has 48 heavy (non-hydrogen) atoms. The van der Waals surface area contributed by atoms with Gasteiger partial charge in [0.05, 0.1) is 11.4 Å². The Kier molecular flexibility index (Phi) is 7.58. The van der Waals surface area contributed by atoms with E-state index >= 15 is 0 Å². The van der Waals surface area contributed by atoms with E-state index < -0.39 is 0 Å². The molecule has 0 saturated heterocycles. The molecule has 1 aliphatic rings. The maximum atomic E-state index is 5.05. The highest BCUT2D eigenvalue weighted by atomic mass is 15.2. The Bertz CT molecular complexity index is 1970. The third-order valence-corrected chi connectivity index (χ3v) is 9.67. The number of para-hydroxylation sites is 2. The average molecular weight is 629 g/mol. The molecule has 1 aromatic heterocycles. The topological polar surface area (TPSA) is 41.9 Å². The van der Waals surface area contributed by atoms with E-state index in [0.717, 1.165) is 22.4 Å². The molecule has 2 heterocycles. The van der Waals surface area contributed by atoms with Crippen molar-refractivity contribution in [3.8, 4) is 34.2 Å². The molecule has 0 bridgehead atoms. The van der Waals surface area contributed by atoms with Crippen LogP contribution in [0.2, 0.25) is 0 Å². The molecule has 0 aliphatic carbocycles. The lowest BCUT2D eigenvalue weighted by Gasteiger charge is -2.42. The first-order chi connectivity index (χ1) is 22.8. The van der Waals surface area contributed by atoms with Crippen LogP contribution in [0, 0.1) is 0 Å². The fraction of sp³-hybridized carbons (Fsp3) is 0.250. The Morgan fingerprint density at radius 2 is 0.771 bits per heavy atom. The van der Waals surface area contributed by atoms with E-state index in [1.807, 2.05) is 0 Å². The zero-order chi connectivity index (χ0) is 33.8. The molecule has 5 aromatic carbocycles. The van der Waals surface area contributed by atoms with Crippen molar-refractivity contribution in [2.75, 3.05) is 4.90 Å². The Labute approximate surface area is 285 Å². The van der Waals surface area contributed by atoms with Crippen LogP contribution in [0.15, 0.2) is 121 Å². The number of hydrogen-bond donors (Lipinski definition) is 0. The van der Waals surface area contributed by atoms with Gasteiger partial charge in [-0.05, 0) is 69.5 Å². The lowest BCUT2D eigenvalue weighted by Crippen LogP contribution is -2.30. The number of rotatable bonds is 4. The van der Waals surface area contributed by atoms with Crippen LogP contribution in [0.1, 0.15) is 77.6 Å². The summed E-state index contributed by atoms with van der Waals surface area (Å²) in [5.41, 5.74) is 11.6. The Balaban J connectivity index is 1.32. The maximum Gasteiger partial charge on any atom is 0.164 e. The van der Waals surface area contributed by atoms with Gasteiger partial charge in [-0.2, -0.15) is 0 Å². The molecule has 4 nitrogen and oxygen atoms in total. The van der Waals surface area contributed by atoms with Gasteiger partial charge in [0.1, 0.15) is 0 Å². The Hall–Kier alpha value is -5.09. The first kappa shape index (κ1) is 31.5. The van der Waals surface area contributed by atoms with Gasteiger partial charge < -0.3 is 4.90 Å². The van der Waals surface area contributed by atoms with Crippen molar-refractivity contribution in [1.29, 1.82) is 0 Å². The van der Waals surface area contributed by atoms with Crippen LogP contribution in [-0.2, 0) is 16.2 Å². The fourth-order valence-electron chi connectivity index (χ4n) is 6.71. The lowest BCUT2D eigenvalue weighted by atomic mass is 9.73. The number of aromatic nitrogens is 3. The second-order valence-corrected chi connectivity index (χ2v) is 15.5.